The zero-order valence-corrected chi connectivity index (χ0v) is 15.7. The third-order valence-corrected chi connectivity index (χ3v) is 9.39. The van der Waals surface area contributed by atoms with Gasteiger partial charge in [0.15, 0.2) is 5.78 Å². The SMILES string of the molecule is C=C1C(=O)C23CC[C@H]1CC2[C@]1(CC)CCC[C@@](C)(CC)C1C[C@H]3O. The first-order chi connectivity index (χ1) is 11.4. The molecule has 0 aromatic rings. The van der Waals surface area contributed by atoms with Crippen molar-refractivity contribution < 1.29 is 9.90 Å². The van der Waals surface area contributed by atoms with Crippen LogP contribution < -0.4 is 0 Å². The van der Waals surface area contributed by atoms with Gasteiger partial charge in [-0.15, -0.1) is 0 Å². The maximum Gasteiger partial charge on any atom is 0.167 e. The molecular weight excluding hydrogens is 296 g/mol. The molecule has 0 saturated heterocycles. The van der Waals surface area contributed by atoms with Gasteiger partial charge in [-0.1, -0.05) is 40.2 Å². The summed E-state index contributed by atoms with van der Waals surface area (Å²) in [5.74, 6) is 1.57. The molecule has 0 amide bonds. The summed E-state index contributed by atoms with van der Waals surface area (Å²) in [6, 6.07) is 0. The van der Waals surface area contributed by atoms with Gasteiger partial charge in [-0.05, 0) is 79.1 Å². The number of ketones is 1. The van der Waals surface area contributed by atoms with Crippen LogP contribution in [0.2, 0.25) is 0 Å². The summed E-state index contributed by atoms with van der Waals surface area (Å²) < 4.78 is 0. The summed E-state index contributed by atoms with van der Waals surface area (Å²) in [7, 11) is 0. The van der Waals surface area contributed by atoms with E-state index in [0.29, 0.717) is 23.2 Å². The van der Waals surface area contributed by atoms with Crippen molar-refractivity contribution in [2.24, 2.45) is 34.0 Å². The first kappa shape index (κ1) is 16.8. The topological polar surface area (TPSA) is 37.3 Å². The third kappa shape index (κ3) is 1.74. The van der Waals surface area contributed by atoms with Crippen LogP contribution in [0.5, 0.6) is 0 Å². The maximum absolute atomic E-state index is 13.3. The lowest BCUT2D eigenvalue weighted by molar-refractivity contribution is -0.222. The summed E-state index contributed by atoms with van der Waals surface area (Å²) in [5, 5.41) is 11.3. The summed E-state index contributed by atoms with van der Waals surface area (Å²) in [6.07, 6.45) is 9.63. The zero-order valence-electron chi connectivity index (χ0n) is 15.7. The Balaban J connectivity index is 1.86. The highest BCUT2D eigenvalue weighted by Crippen LogP contribution is 2.72. The van der Waals surface area contributed by atoms with E-state index < -0.39 is 11.5 Å². The number of rotatable bonds is 2. The van der Waals surface area contributed by atoms with Crippen LogP contribution in [0.4, 0.5) is 0 Å². The molecule has 5 fully saturated rings. The minimum absolute atomic E-state index is 0.234. The Bertz CT molecular complexity index is 581. The second-order valence-electron chi connectivity index (χ2n) is 9.67. The van der Waals surface area contributed by atoms with Gasteiger partial charge in [0.2, 0.25) is 0 Å². The molecule has 5 aliphatic rings. The van der Waals surface area contributed by atoms with E-state index in [1.54, 1.807) is 0 Å². The Hall–Kier alpha value is -0.630. The molecule has 5 aliphatic carbocycles. The van der Waals surface area contributed by atoms with Gasteiger partial charge >= 0.3 is 0 Å². The van der Waals surface area contributed by atoms with Gasteiger partial charge in [-0.3, -0.25) is 4.79 Å². The monoisotopic (exact) mass is 330 g/mol. The van der Waals surface area contributed by atoms with E-state index >= 15 is 0 Å². The van der Waals surface area contributed by atoms with Crippen molar-refractivity contribution in [1.29, 1.82) is 0 Å². The lowest BCUT2D eigenvalue weighted by Crippen LogP contribution is -2.68. The molecule has 0 aromatic heterocycles. The van der Waals surface area contributed by atoms with Crippen LogP contribution in [-0.4, -0.2) is 17.0 Å². The molecule has 5 rings (SSSR count). The van der Waals surface area contributed by atoms with E-state index in [0.717, 1.165) is 31.3 Å². The van der Waals surface area contributed by atoms with Gasteiger partial charge in [0, 0.05) is 0 Å². The van der Waals surface area contributed by atoms with E-state index in [1.165, 1.54) is 32.1 Å². The number of carbonyl (C=O) groups is 1. The minimum Gasteiger partial charge on any atom is -0.392 e. The van der Waals surface area contributed by atoms with Crippen molar-refractivity contribution in [3.8, 4) is 0 Å². The number of Topliss-reactive ketones (excluding diaryl/α,β-unsaturated/α-hetero) is 1. The molecule has 24 heavy (non-hydrogen) atoms. The van der Waals surface area contributed by atoms with Gasteiger partial charge in [0.05, 0.1) is 11.5 Å². The molecule has 0 aromatic carbocycles. The molecule has 1 N–H and O–H groups in total. The zero-order chi connectivity index (χ0) is 17.3. The Kier molecular flexibility index (Phi) is 3.64. The van der Waals surface area contributed by atoms with Crippen molar-refractivity contribution in [3.05, 3.63) is 12.2 Å². The standard InChI is InChI=1S/C22H34O2/c1-5-20(4)9-7-10-21(6-2)16(20)13-18(23)22-11-8-15(12-17(21)22)14(3)19(22)24/h15-18,23H,3,5-13H2,1-2,4H3/t15-,16?,17?,18+,20+,21+,22?/m0/s1. The first-order valence-corrected chi connectivity index (χ1v) is 10.3. The van der Waals surface area contributed by atoms with E-state index in [-0.39, 0.29) is 11.2 Å². The van der Waals surface area contributed by atoms with E-state index in [4.69, 9.17) is 0 Å². The number of aliphatic hydroxyl groups is 1. The minimum atomic E-state index is -0.496. The number of carbonyl (C=O) groups excluding carboxylic acids is 1. The molecule has 2 nitrogen and oxygen atoms in total. The van der Waals surface area contributed by atoms with Crippen molar-refractivity contribution in [3.63, 3.8) is 0 Å². The molecule has 0 radical (unpaired) electrons. The third-order valence-electron chi connectivity index (χ3n) is 9.39. The average molecular weight is 331 g/mol. The fraction of sp³-hybridized carbons (Fsp3) is 0.864. The molecule has 3 unspecified atom stereocenters. The summed E-state index contributed by atoms with van der Waals surface area (Å²) in [6.45, 7) is 11.3. The predicted molar refractivity (Wildman–Crippen MR) is 96.5 cm³/mol. The second-order valence-corrected chi connectivity index (χ2v) is 9.67. The summed E-state index contributed by atoms with van der Waals surface area (Å²) in [4.78, 5) is 13.3. The molecule has 0 heterocycles. The van der Waals surface area contributed by atoms with E-state index in [2.05, 4.69) is 27.4 Å². The Labute approximate surface area is 147 Å². The normalized spacial score (nSPS) is 53.7. The first-order valence-electron chi connectivity index (χ1n) is 10.3. The highest BCUT2D eigenvalue weighted by Gasteiger charge is 2.70. The lowest BCUT2D eigenvalue weighted by Gasteiger charge is -2.69. The van der Waals surface area contributed by atoms with Crippen LogP contribution in [0.15, 0.2) is 12.2 Å². The molecule has 2 bridgehead atoms. The molecular formula is C22H34O2. The Morgan fingerprint density at radius 3 is 2.54 bits per heavy atom. The van der Waals surface area contributed by atoms with Crippen molar-refractivity contribution in [2.45, 2.75) is 84.7 Å². The van der Waals surface area contributed by atoms with Crippen molar-refractivity contribution in [2.75, 3.05) is 0 Å². The van der Waals surface area contributed by atoms with Crippen molar-refractivity contribution in [1.82, 2.24) is 0 Å². The smallest absolute Gasteiger partial charge is 0.167 e. The Morgan fingerprint density at radius 1 is 1.12 bits per heavy atom. The fourth-order valence-corrected chi connectivity index (χ4v) is 7.90. The van der Waals surface area contributed by atoms with Gasteiger partial charge in [-0.2, -0.15) is 0 Å². The second kappa shape index (κ2) is 5.19. The highest BCUT2D eigenvalue weighted by molar-refractivity contribution is 6.02. The fourth-order valence-electron chi connectivity index (χ4n) is 7.90. The number of fused-ring (bicyclic) bond motifs is 3. The number of allylic oxidation sites excluding steroid dienone is 1. The Morgan fingerprint density at radius 2 is 1.88 bits per heavy atom. The van der Waals surface area contributed by atoms with Crippen LogP contribution in [0, 0.1) is 34.0 Å². The quantitative estimate of drug-likeness (QED) is 0.731. The predicted octanol–water partition coefficient (Wildman–Crippen LogP) is 4.91. The molecule has 134 valence electrons. The number of hydrogen-bond donors (Lipinski definition) is 1. The van der Waals surface area contributed by atoms with E-state index in [1.807, 2.05) is 0 Å². The molecule has 7 atom stereocenters. The van der Waals surface area contributed by atoms with Crippen LogP contribution >= 0.6 is 0 Å². The highest BCUT2D eigenvalue weighted by atomic mass is 16.3. The number of aliphatic hydroxyl groups excluding tert-OH is 1. The number of hydrogen-bond acceptors (Lipinski definition) is 2. The lowest BCUT2D eigenvalue weighted by atomic mass is 9.35. The molecule has 2 heteroatoms. The molecule has 5 saturated carbocycles. The van der Waals surface area contributed by atoms with Gasteiger partial charge in [0.25, 0.3) is 0 Å². The molecule has 1 spiro atoms. The average Bonchev–Trinajstić information content (AvgIpc) is 2.60. The molecule has 0 aliphatic heterocycles. The maximum atomic E-state index is 13.3. The summed E-state index contributed by atoms with van der Waals surface area (Å²) in [5.41, 5.74) is 0.921. The van der Waals surface area contributed by atoms with Gasteiger partial charge in [0.1, 0.15) is 0 Å². The van der Waals surface area contributed by atoms with Gasteiger partial charge < -0.3 is 5.11 Å². The summed E-state index contributed by atoms with van der Waals surface area (Å²) >= 11 is 0. The van der Waals surface area contributed by atoms with E-state index in [9.17, 15) is 9.90 Å². The van der Waals surface area contributed by atoms with Crippen LogP contribution in [0.3, 0.4) is 0 Å². The van der Waals surface area contributed by atoms with Crippen molar-refractivity contribution >= 4 is 5.78 Å². The van der Waals surface area contributed by atoms with Crippen LogP contribution in [0.1, 0.15) is 78.6 Å². The van der Waals surface area contributed by atoms with Crippen LogP contribution in [0.25, 0.3) is 0 Å². The van der Waals surface area contributed by atoms with Crippen LogP contribution in [-0.2, 0) is 4.79 Å². The van der Waals surface area contributed by atoms with Gasteiger partial charge in [-0.25, -0.2) is 0 Å². The largest absolute Gasteiger partial charge is 0.392 e.